The number of halogens is 1. The third kappa shape index (κ3) is 2.19. The fourth-order valence-electron chi connectivity index (χ4n) is 1.98. The zero-order chi connectivity index (χ0) is 9.80. The van der Waals surface area contributed by atoms with Crippen molar-refractivity contribution < 1.29 is 0 Å². The molecule has 0 bridgehead atoms. The summed E-state index contributed by atoms with van der Waals surface area (Å²) in [5.41, 5.74) is 4.40. The highest BCUT2D eigenvalue weighted by Gasteiger charge is 2.09. The molecule has 0 atom stereocenters. The summed E-state index contributed by atoms with van der Waals surface area (Å²) in [6.45, 7) is 0. The van der Waals surface area contributed by atoms with E-state index in [0.29, 0.717) is 5.88 Å². The van der Waals surface area contributed by atoms with Crippen LogP contribution in [0.5, 0.6) is 0 Å². The van der Waals surface area contributed by atoms with Crippen LogP contribution in [0.1, 0.15) is 29.5 Å². The van der Waals surface area contributed by atoms with Crippen LogP contribution >= 0.6 is 11.6 Å². The van der Waals surface area contributed by atoms with E-state index in [1.165, 1.54) is 30.4 Å². The van der Waals surface area contributed by atoms with Crippen molar-refractivity contribution >= 4 is 17.7 Å². The summed E-state index contributed by atoms with van der Waals surface area (Å²) in [5.74, 6) is 0.710. The molecule has 74 valence electrons. The summed E-state index contributed by atoms with van der Waals surface area (Å²) in [7, 11) is 0. The fourth-order valence-corrected chi connectivity index (χ4v) is 2.10. The topological polar surface area (TPSA) is 0 Å². The van der Waals surface area contributed by atoms with E-state index in [0.717, 1.165) is 6.42 Å². The van der Waals surface area contributed by atoms with Gasteiger partial charge in [-0.15, -0.1) is 11.6 Å². The van der Waals surface area contributed by atoms with Crippen LogP contribution in [-0.4, -0.2) is 5.88 Å². The van der Waals surface area contributed by atoms with Gasteiger partial charge in [0.05, 0.1) is 0 Å². The Morgan fingerprint density at radius 1 is 1.21 bits per heavy atom. The summed E-state index contributed by atoms with van der Waals surface area (Å²) >= 11 is 5.61. The van der Waals surface area contributed by atoms with Crippen LogP contribution in [0.2, 0.25) is 0 Å². The molecule has 0 spiro atoms. The lowest BCUT2D eigenvalue weighted by Gasteiger charge is -2.00. The summed E-state index contributed by atoms with van der Waals surface area (Å²) < 4.78 is 0. The maximum Gasteiger partial charge on any atom is 0.0258 e. The van der Waals surface area contributed by atoms with Gasteiger partial charge in [0.25, 0.3) is 0 Å². The normalized spacial score (nSPS) is 14.9. The van der Waals surface area contributed by atoms with Crippen molar-refractivity contribution in [3.8, 4) is 0 Å². The second kappa shape index (κ2) is 4.65. The Morgan fingerprint density at radius 2 is 2.07 bits per heavy atom. The Hall–Kier alpha value is -0.750. The van der Waals surface area contributed by atoms with Gasteiger partial charge in [-0.3, -0.25) is 0 Å². The largest absolute Gasteiger partial charge is 0.126 e. The molecule has 0 unspecified atom stereocenters. The molecule has 2 rings (SSSR count). The van der Waals surface area contributed by atoms with E-state index in [9.17, 15) is 0 Å². The zero-order valence-electron chi connectivity index (χ0n) is 8.30. The lowest BCUT2D eigenvalue weighted by molar-refractivity contribution is 0.912. The number of hydrogen-bond donors (Lipinski definition) is 0. The molecule has 1 aromatic carbocycles. The van der Waals surface area contributed by atoms with Crippen LogP contribution < -0.4 is 0 Å². The first-order valence-corrected chi connectivity index (χ1v) is 5.78. The van der Waals surface area contributed by atoms with Gasteiger partial charge in [-0.25, -0.2) is 0 Å². The number of rotatable bonds is 3. The molecule has 0 radical (unpaired) electrons. The molecule has 14 heavy (non-hydrogen) atoms. The van der Waals surface area contributed by atoms with E-state index in [1.54, 1.807) is 5.56 Å². The summed E-state index contributed by atoms with van der Waals surface area (Å²) in [4.78, 5) is 0. The Labute approximate surface area is 90.6 Å². The number of hydrogen-bond acceptors (Lipinski definition) is 0. The van der Waals surface area contributed by atoms with Crippen molar-refractivity contribution in [1.29, 1.82) is 0 Å². The van der Waals surface area contributed by atoms with Gasteiger partial charge >= 0.3 is 0 Å². The summed E-state index contributed by atoms with van der Waals surface area (Å²) in [6.07, 6.45) is 9.11. The Balaban J connectivity index is 2.12. The van der Waals surface area contributed by atoms with Gasteiger partial charge < -0.3 is 0 Å². The Bertz CT molecular complexity index is 339. The standard InChI is InChI=1S/C13H15Cl/c14-9-2-1-4-11-7-8-12-5-3-6-13(12)10-11/h1,4,7-8,10H,2-3,5-6,9H2/b4-1+. The van der Waals surface area contributed by atoms with Crippen LogP contribution in [0.15, 0.2) is 24.3 Å². The SMILES string of the molecule is ClCC/C=C/c1ccc2c(c1)CCC2. The van der Waals surface area contributed by atoms with Crippen LogP contribution in [0.3, 0.4) is 0 Å². The average molecular weight is 207 g/mol. The van der Waals surface area contributed by atoms with Gasteiger partial charge in [0.2, 0.25) is 0 Å². The first-order chi connectivity index (χ1) is 6.90. The van der Waals surface area contributed by atoms with E-state index < -0.39 is 0 Å². The minimum atomic E-state index is 0.710. The van der Waals surface area contributed by atoms with Crippen molar-refractivity contribution in [3.05, 3.63) is 41.0 Å². The predicted molar refractivity (Wildman–Crippen MR) is 62.8 cm³/mol. The van der Waals surface area contributed by atoms with E-state index in [2.05, 4.69) is 30.4 Å². The number of benzene rings is 1. The van der Waals surface area contributed by atoms with E-state index in [4.69, 9.17) is 11.6 Å². The van der Waals surface area contributed by atoms with E-state index in [-0.39, 0.29) is 0 Å². The number of aryl methyl sites for hydroxylation is 2. The Kier molecular flexibility index (Phi) is 3.26. The molecule has 0 aliphatic heterocycles. The molecule has 0 fully saturated rings. The molecule has 0 heterocycles. The maximum absolute atomic E-state index is 5.61. The van der Waals surface area contributed by atoms with Crippen LogP contribution in [0.25, 0.3) is 6.08 Å². The molecule has 0 aromatic heterocycles. The lowest BCUT2D eigenvalue weighted by atomic mass is 10.1. The number of allylic oxidation sites excluding steroid dienone is 1. The van der Waals surface area contributed by atoms with E-state index >= 15 is 0 Å². The van der Waals surface area contributed by atoms with Crippen molar-refractivity contribution in [1.82, 2.24) is 0 Å². The molecule has 1 heteroatoms. The highest BCUT2D eigenvalue weighted by Crippen LogP contribution is 2.23. The number of alkyl halides is 1. The van der Waals surface area contributed by atoms with Crippen molar-refractivity contribution in [2.75, 3.05) is 5.88 Å². The third-order valence-corrected chi connectivity index (χ3v) is 2.93. The van der Waals surface area contributed by atoms with Gasteiger partial charge in [-0.05, 0) is 42.4 Å². The highest BCUT2D eigenvalue weighted by molar-refractivity contribution is 6.17. The highest BCUT2D eigenvalue weighted by atomic mass is 35.5. The molecule has 1 aliphatic carbocycles. The van der Waals surface area contributed by atoms with Crippen molar-refractivity contribution in [2.24, 2.45) is 0 Å². The minimum absolute atomic E-state index is 0.710. The first-order valence-electron chi connectivity index (χ1n) is 5.24. The fraction of sp³-hybridized carbons (Fsp3) is 0.385. The molecule has 1 aromatic rings. The molecule has 0 N–H and O–H groups in total. The molecule has 0 saturated heterocycles. The van der Waals surface area contributed by atoms with Gasteiger partial charge in [0, 0.05) is 5.88 Å². The van der Waals surface area contributed by atoms with Crippen LogP contribution in [0, 0.1) is 0 Å². The lowest BCUT2D eigenvalue weighted by Crippen LogP contribution is -1.82. The number of fused-ring (bicyclic) bond motifs is 1. The van der Waals surface area contributed by atoms with Crippen molar-refractivity contribution in [3.63, 3.8) is 0 Å². The molecular weight excluding hydrogens is 192 g/mol. The minimum Gasteiger partial charge on any atom is -0.126 e. The van der Waals surface area contributed by atoms with Crippen LogP contribution in [0.4, 0.5) is 0 Å². The monoisotopic (exact) mass is 206 g/mol. The first kappa shape index (κ1) is 9.79. The zero-order valence-corrected chi connectivity index (χ0v) is 9.06. The van der Waals surface area contributed by atoms with Gasteiger partial charge in [0.1, 0.15) is 0 Å². The molecule has 0 nitrogen and oxygen atoms in total. The molecule has 0 amide bonds. The maximum atomic E-state index is 5.61. The molecule has 0 saturated carbocycles. The van der Waals surface area contributed by atoms with Gasteiger partial charge in [-0.1, -0.05) is 30.4 Å². The van der Waals surface area contributed by atoms with Gasteiger partial charge in [0.15, 0.2) is 0 Å². The van der Waals surface area contributed by atoms with Crippen molar-refractivity contribution in [2.45, 2.75) is 25.7 Å². The van der Waals surface area contributed by atoms with Crippen LogP contribution in [-0.2, 0) is 12.8 Å². The van der Waals surface area contributed by atoms with Gasteiger partial charge in [-0.2, -0.15) is 0 Å². The quantitative estimate of drug-likeness (QED) is 0.660. The smallest absolute Gasteiger partial charge is 0.0258 e. The summed E-state index contributed by atoms with van der Waals surface area (Å²) in [6, 6.07) is 6.78. The molecule has 1 aliphatic rings. The third-order valence-electron chi connectivity index (χ3n) is 2.71. The average Bonchev–Trinajstić information content (AvgIpc) is 2.65. The summed E-state index contributed by atoms with van der Waals surface area (Å²) in [5, 5.41) is 0. The Morgan fingerprint density at radius 3 is 2.93 bits per heavy atom. The second-order valence-corrected chi connectivity index (χ2v) is 4.14. The predicted octanol–water partition coefficient (Wildman–Crippen LogP) is 3.82. The van der Waals surface area contributed by atoms with E-state index in [1.807, 2.05) is 0 Å². The second-order valence-electron chi connectivity index (χ2n) is 3.76. The molecular formula is C13H15Cl.